The molecule has 2 fully saturated rings. The van der Waals surface area contributed by atoms with Gasteiger partial charge in [-0.1, -0.05) is 6.08 Å². The molecule has 4 rings (SSSR count). The van der Waals surface area contributed by atoms with Gasteiger partial charge in [0, 0.05) is 24.5 Å². The largest absolute Gasteiger partial charge is 0.374 e. The van der Waals surface area contributed by atoms with E-state index in [2.05, 4.69) is 11.1 Å². The molecule has 3 atom stereocenters. The molecule has 1 saturated heterocycles. The Labute approximate surface area is 149 Å². The van der Waals surface area contributed by atoms with Crippen LogP contribution < -0.4 is 0 Å². The number of aromatic nitrogens is 1. The molecule has 2 heterocycles. The number of pyridine rings is 1. The summed E-state index contributed by atoms with van der Waals surface area (Å²) in [6, 6.07) is 4.06. The highest BCUT2D eigenvalue weighted by Gasteiger charge is 2.45. The lowest BCUT2D eigenvalue weighted by molar-refractivity contribution is -0.132. The number of carbonyl (C=O) groups excluding carboxylic acids is 1. The molecule has 0 radical (unpaired) electrons. The van der Waals surface area contributed by atoms with Crippen LogP contribution in [0.5, 0.6) is 0 Å². The molecule has 3 aliphatic rings. The van der Waals surface area contributed by atoms with Gasteiger partial charge in [0.1, 0.15) is 6.10 Å². The van der Waals surface area contributed by atoms with Crippen LogP contribution in [0, 0.1) is 0 Å². The molecule has 0 N–H and O–H groups in total. The first-order valence-electron chi connectivity index (χ1n) is 9.45. The molecular formula is C20H26N2O3. The predicted octanol–water partition coefficient (Wildman–Crippen LogP) is 2.86. The highest BCUT2D eigenvalue weighted by atomic mass is 16.5. The van der Waals surface area contributed by atoms with Crippen LogP contribution in [0.25, 0.3) is 0 Å². The van der Waals surface area contributed by atoms with Gasteiger partial charge >= 0.3 is 0 Å². The number of carbonyl (C=O) groups is 1. The average molecular weight is 342 g/mol. The van der Waals surface area contributed by atoms with Crippen LogP contribution in [0.15, 0.2) is 36.2 Å². The molecule has 5 nitrogen and oxygen atoms in total. The third-order valence-electron chi connectivity index (χ3n) is 5.58. The van der Waals surface area contributed by atoms with E-state index in [0.717, 1.165) is 43.2 Å². The maximum atomic E-state index is 13.1. The second kappa shape index (κ2) is 7.67. The van der Waals surface area contributed by atoms with Crippen LogP contribution >= 0.6 is 0 Å². The normalized spacial score (nSPS) is 29.2. The van der Waals surface area contributed by atoms with Gasteiger partial charge in [0.2, 0.25) is 5.91 Å². The Morgan fingerprint density at radius 2 is 2.16 bits per heavy atom. The molecule has 1 saturated carbocycles. The standard InChI is InChI=1S/C20H26N2O3/c23-20(16-4-2-1-3-5-16)22-12-13-24-18-7-6-17(22)19(18)25-14-15-8-10-21-11-9-15/h4,8-11,17-19H,1-3,5-7,12-14H2. The molecule has 5 heteroatoms. The summed E-state index contributed by atoms with van der Waals surface area (Å²) < 4.78 is 12.2. The van der Waals surface area contributed by atoms with Crippen molar-refractivity contribution in [1.29, 1.82) is 0 Å². The topological polar surface area (TPSA) is 51.7 Å². The Hall–Kier alpha value is -1.72. The Morgan fingerprint density at radius 1 is 1.28 bits per heavy atom. The lowest BCUT2D eigenvalue weighted by Gasteiger charge is -2.32. The number of ether oxygens (including phenoxy) is 2. The Morgan fingerprint density at radius 3 is 2.96 bits per heavy atom. The van der Waals surface area contributed by atoms with Gasteiger partial charge in [-0.2, -0.15) is 0 Å². The molecule has 0 aromatic carbocycles. The maximum absolute atomic E-state index is 13.1. The quantitative estimate of drug-likeness (QED) is 0.844. The van der Waals surface area contributed by atoms with Gasteiger partial charge in [-0.25, -0.2) is 0 Å². The molecule has 25 heavy (non-hydrogen) atoms. The van der Waals surface area contributed by atoms with Crippen molar-refractivity contribution in [2.75, 3.05) is 13.2 Å². The van der Waals surface area contributed by atoms with Crippen molar-refractivity contribution in [2.45, 2.75) is 63.4 Å². The molecule has 2 bridgehead atoms. The van der Waals surface area contributed by atoms with Crippen molar-refractivity contribution >= 4 is 5.91 Å². The van der Waals surface area contributed by atoms with Crippen LogP contribution in [-0.2, 0) is 20.9 Å². The first-order valence-corrected chi connectivity index (χ1v) is 9.45. The van der Waals surface area contributed by atoms with Gasteiger partial charge in [-0.15, -0.1) is 0 Å². The molecule has 1 aliphatic heterocycles. The Kier molecular flexibility index (Phi) is 5.13. The van der Waals surface area contributed by atoms with Crippen molar-refractivity contribution in [1.82, 2.24) is 9.88 Å². The second-order valence-electron chi connectivity index (χ2n) is 7.16. The summed E-state index contributed by atoms with van der Waals surface area (Å²) in [5.74, 6) is 0.202. The maximum Gasteiger partial charge on any atom is 0.249 e. The van der Waals surface area contributed by atoms with E-state index < -0.39 is 0 Å². The molecule has 2 aliphatic carbocycles. The van der Waals surface area contributed by atoms with Crippen LogP contribution in [0.1, 0.15) is 44.1 Å². The number of fused-ring (bicyclic) bond motifs is 2. The number of nitrogens with zero attached hydrogens (tertiary/aromatic N) is 2. The minimum Gasteiger partial charge on any atom is -0.374 e. The second-order valence-corrected chi connectivity index (χ2v) is 7.16. The fraction of sp³-hybridized carbons (Fsp3) is 0.600. The van der Waals surface area contributed by atoms with Crippen molar-refractivity contribution in [2.24, 2.45) is 0 Å². The van der Waals surface area contributed by atoms with E-state index in [1.54, 1.807) is 12.4 Å². The number of hydrogen-bond donors (Lipinski definition) is 0. The molecule has 1 aromatic heterocycles. The fourth-order valence-corrected chi connectivity index (χ4v) is 4.25. The zero-order valence-corrected chi connectivity index (χ0v) is 14.6. The van der Waals surface area contributed by atoms with E-state index in [4.69, 9.17) is 9.47 Å². The molecule has 1 aromatic rings. The predicted molar refractivity (Wildman–Crippen MR) is 93.8 cm³/mol. The summed E-state index contributed by atoms with van der Waals surface area (Å²) in [5, 5.41) is 0. The van der Waals surface area contributed by atoms with Crippen LogP contribution in [-0.4, -0.2) is 47.2 Å². The van der Waals surface area contributed by atoms with Crippen molar-refractivity contribution in [3.63, 3.8) is 0 Å². The van der Waals surface area contributed by atoms with Gasteiger partial charge in [0.25, 0.3) is 0 Å². The lowest BCUT2D eigenvalue weighted by atomic mass is 9.97. The molecule has 1 amide bonds. The highest BCUT2D eigenvalue weighted by Crippen LogP contribution is 2.34. The Bertz CT molecular complexity index is 631. The van der Waals surface area contributed by atoms with E-state index in [0.29, 0.717) is 19.8 Å². The Balaban J connectivity index is 1.48. The zero-order chi connectivity index (χ0) is 17.1. The number of amides is 1. The van der Waals surface area contributed by atoms with E-state index in [9.17, 15) is 4.79 Å². The minimum atomic E-state index is -0.0381. The van der Waals surface area contributed by atoms with Gasteiger partial charge in [-0.05, 0) is 56.2 Å². The lowest BCUT2D eigenvalue weighted by Crippen LogP contribution is -2.47. The van der Waals surface area contributed by atoms with Gasteiger partial charge in [-0.3, -0.25) is 9.78 Å². The average Bonchev–Trinajstić information content (AvgIpc) is 2.96. The summed E-state index contributed by atoms with van der Waals surface area (Å²) in [7, 11) is 0. The van der Waals surface area contributed by atoms with Crippen LogP contribution in [0.2, 0.25) is 0 Å². The number of rotatable bonds is 4. The minimum absolute atomic E-state index is 0.0381. The third kappa shape index (κ3) is 3.62. The van der Waals surface area contributed by atoms with Crippen LogP contribution in [0.3, 0.4) is 0 Å². The molecule has 134 valence electrons. The smallest absolute Gasteiger partial charge is 0.249 e. The summed E-state index contributed by atoms with van der Waals surface area (Å²) in [6.45, 7) is 1.82. The van der Waals surface area contributed by atoms with Gasteiger partial charge in [0.15, 0.2) is 0 Å². The van der Waals surface area contributed by atoms with Crippen molar-refractivity contribution < 1.29 is 14.3 Å². The van der Waals surface area contributed by atoms with Crippen LogP contribution in [0.4, 0.5) is 0 Å². The molecular weight excluding hydrogens is 316 g/mol. The fourth-order valence-electron chi connectivity index (χ4n) is 4.25. The van der Waals surface area contributed by atoms with Crippen molar-refractivity contribution in [3.05, 3.63) is 41.7 Å². The third-order valence-corrected chi connectivity index (χ3v) is 5.58. The van der Waals surface area contributed by atoms with Gasteiger partial charge in [0.05, 0.1) is 25.4 Å². The number of allylic oxidation sites excluding steroid dienone is 1. The van der Waals surface area contributed by atoms with E-state index in [1.807, 2.05) is 17.0 Å². The monoisotopic (exact) mass is 342 g/mol. The van der Waals surface area contributed by atoms with E-state index in [-0.39, 0.29) is 24.2 Å². The SMILES string of the molecule is O=C(C1=CCCCC1)N1CCOC2CCC1C2OCc1ccncc1. The molecule has 3 unspecified atom stereocenters. The van der Waals surface area contributed by atoms with Crippen molar-refractivity contribution in [3.8, 4) is 0 Å². The van der Waals surface area contributed by atoms with Gasteiger partial charge < -0.3 is 14.4 Å². The van der Waals surface area contributed by atoms with E-state index in [1.165, 1.54) is 6.42 Å². The number of hydrogen-bond acceptors (Lipinski definition) is 4. The summed E-state index contributed by atoms with van der Waals surface area (Å²) in [6.07, 6.45) is 11.9. The zero-order valence-electron chi connectivity index (χ0n) is 14.6. The highest BCUT2D eigenvalue weighted by molar-refractivity contribution is 5.93. The first-order chi connectivity index (χ1) is 12.3. The summed E-state index contributed by atoms with van der Waals surface area (Å²) in [5.41, 5.74) is 2.09. The summed E-state index contributed by atoms with van der Waals surface area (Å²) >= 11 is 0. The summed E-state index contributed by atoms with van der Waals surface area (Å²) in [4.78, 5) is 19.1. The first kappa shape index (κ1) is 16.7. The van der Waals surface area contributed by atoms with E-state index >= 15 is 0 Å². The molecule has 0 spiro atoms.